The molecule has 6 nitrogen and oxygen atoms in total. The average molecular weight is 587 g/mol. The van der Waals surface area contributed by atoms with Crippen LogP contribution >= 0.6 is 23.2 Å². The molecule has 41 heavy (non-hydrogen) atoms. The van der Waals surface area contributed by atoms with Crippen molar-refractivity contribution in [1.82, 2.24) is 0 Å². The molecule has 2 heterocycles. The summed E-state index contributed by atoms with van der Waals surface area (Å²) in [6.45, 7) is 12.7. The fourth-order valence-electron chi connectivity index (χ4n) is 4.89. The fraction of sp³-hybridized carbons (Fsp3) is 0.242. The molecule has 1 aliphatic heterocycles. The molecule has 1 amide bonds. The highest BCUT2D eigenvalue weighted by atomic mass is 35.5. The molecule has 0 bridgehead atoms. The molecule has 0 saturated heterocycles. The zero-order chi connectivity index (χ0) is 29.9. The second-order valence-electron chi connectivity index (χ2n) is 12.1. The number of nitrogens with one attached hydrogen (secondary N) is 1. The topological polar surface area (TPSA) is 98.6 Å². The van der Waals surface area contributed by atoms with E-state index in [9.17, 15) is 15.2 Å². The van der Waals surface area contributed by atoms with Gasteiger partial charge in [-0.15, -0.1) is 0 Å². The molecule has 3 aromatic carbocycles. The van der Waals surface area contributed by atoms with Gasteiger partial charge in [0.15, 0.2) is 0 Å². The summed E-state index contributed by atoms with van der Waals surface area (Å²) in [5, 5.41) is 25.4. The number of aromatic hydroxyl groups is 1. The lowest BCUT2D eigenvalue weighted by Crippen LogP contribution is -2.16. The maximum Gasteiger partial charge on any atom is 0.292 e. The van der Waals surface area contributed by atoms with E-state index in [0.717, 1.165) is 11.1 Å². The number of benzene rings is 3. The Hall–Kier alpha value is -4.05. The zero-order valence-electron chi connectivity index (χ0n) is 23.6. The summed E-state index contributed by atoms with van der Waals surface area (Å²) in [7, 11) is 0. The molecule has 0 saturated carbocycles. The lowest BCUT2D eigenvalue weighted by molar-refractivity contribution is -0.112. The number of carbonyl (C=O) groups excluding carboxylic acids is 1. The van der Waals surface area contributed by atoms with E-state index in [1.165, 1.54) is 6.07 Å². The van der Waals surface area contributed by atoms with Crippen molar-refractivity contribution >= 4 is 57.2 Å². The summed E-state index contributed by atoms with van der Waals surface area (Å²) in [6.07, 6.45) is 0. The summed E-state index contributed by atoms with van der Waals surface area (Å²) in [6, 6.07) is 18.1. The largest absolute Gasteiger partial charge is 0.480 e. The quantitative estimate of drug-likeness (QED) is 0.185. The number of nitriles is 1. The van der Waals surface area contributed by atoms with Crippen molar-refractivity contribution < 1.29 is 14.3 Å². The Morgan fingerprint density at radius 1 is 0.951 bits per heavy atom. The van der Waals surface area contributed by atoms with Gasteiger partial charge in [-0.1, -0.05) is 95.1 Å². The molecule has 8 heteroatoms. The molecule has 0 spiro atoms. The van der Waals surface area contributed by atoms with E-state index in [0.29, 0.717) is 44.1 Å². The van der Waals surface area contributed by atoms with Gasteiger partial charge in [0.25, 0.3) is 11.9 Å². The Bertz CT molecular complexity index is 1840. The van der Waals surface area contributed by atoms with Crippen LogP contribution in [-0.2, 0) is 15.6 Å². The van der Waals surface area contributed by atoms with Gasteiger partial charge in [0.05, 0.1) is 27.0 Å². The van der Waals surface area contributed by atoms with Crippen LogP contribution in [0.3, 0.4) is 0 Å². The SMILES string of the molecule is CC(C)(C)c1cc(C(C)(C)C)c2oc(O)c(C3=N/C(=C(\C#N)C(=O)Nc4ccc(Cl)c(Cl)c4)c4ccccc43)c2c1. The van der Waals surface area contributed by atoms with Crippen molar-refractivity contribution in [3.8, 4) is 12.0 Å². The Morgan fingerprint density at radius 3 is 2.24 bits per heavy atom. The van der Waals surface area contributed by atoms with Crippen molar-refractivity contribution in [1.29, 1.82) is 5.26 Å². The number of halogens is 2. The zero-order valence-corrected chi connectivity index (χ0v) is 25.1. The molecule has 2 N–H and O–H groups in total. The van der Waals surface area contributed by atoms with Crippen LogP contribution in [0.1, 0.15) is 69.4 Å². The molecule has 1 aromatic heterocycles. The Balaban J connectivity index is 1.73. The van der Waals surface area contributed by atoms with Crippen molar-refractivity contribution in [2.45, 2.75) is 52.4 Å². The second-order valence-corrected chi connectivity index (χ2v) is 12.9. The van der Waals surface area contributed by atoms with Gasteiger partial charge >= 0.3 is 0 Å². The predicted molar refractivity (Wildman–Crippen MR) is 165 cm³/mol. The summed E-state index contributed by atoms with van der Waals surface area (Å²) < 4.78 is 6.01. The van der Waals surface area contributed by atoms with Crippen molar-refractivity contribution in [2.75, 3.05) is 5.32 Å². The normalized spacial score (nSPS) is 14.5. The molecule has 208 valence electrons. The Labute approximate surface area is 248 Å². The minimum atomic E-state index is -0.646. The molecule has 0 aliphatic carbocycles. The number of anilines is 1. The lowest BCUT2D eigenvalue weighted by Gasteiger charge is -2.25. The average Bonchev–Trinajstić information content (AvgIpc) is 3.41. The highest BCUT2D eigenvalue weighted by Crippen LogP contribution is 2.44. The molecule has 1 aliphatic rings. The molecule has 0 radical (unpaired) electrons. The number of fused-ring (bicyclic) bond motifs is 2. The van der Waals surface area contributed by atoms with Crippen LogP contribution in [0, 0.1) is 11.3 Å². The molecular weight excluding hydrogens is 557 g/mol. The third-order valence-electron chi connectivity index (χ3n) is 7.10. The van der Waals surface area contributed by atoms with E-state index in [1.54, 1.807) is 18.2 Å². The number of amides is 1. The summed E-state index contributed by atoms with van der Waals surface area (Å²) in [5.74, 6) is -0.919. The van der Waals surface area contributed by atoms with Crippen LogP contribution in [0.5, 0.6) is 5.95 Å². The number of aliphatic imine (C=N–C) groups is 1. The maximum atomic E-state index is 13.3. The first-order chi connectivity index (χ1) is 19.2. The van der Waals surface area contributed by atoms with Crippen LogP contribution in [0.25, 0.3) is 16.7 Å². The third-order valence-corrected chi connectivity index (χ3v) is 7.83. The van der Waals surface area contributed by atoms with E-state index in [1.807, 2.05) is 30.3 Å². The van der Waals surface area contributed by atoms with Gasteiger partial charge in [-0.05, 0) is 40.7 Å². The first-order valence-electron chi connectivity index (χ1n) is 13.1. The van der Waals surface area contributed by atoms with Gasteiger partial charge in [0.1, 0.15) is 17.2 Å². The third kappa shape index (κ3) is 5.12. The monoisotopic (exact) mass is 585 g/mol. The van der Waals surface area contributed by atoms with Gasteiger partial charge in [-0.25, -0.2) is 4.99 Å². The summed E-state index contributed by atoms with van der Waals surface area (Å²) >= 11 is 12.1. The highest BCUT2D eigenvalue weighted by molar-refractivity contribution is 6.42. The molecule has 0 unspecified atom stereocenters. The van der Waals surface area contributed by atoms with Crippen molar-refractivity contribution in [3.05, 3.63) is 98.0 Å². The van der Waals surface area contributed by atoms with E-state index >= 15 is 0 Å². The number of rotatable bonds is 3. The van der Waals surface area contributed by atoms with E-state index < -0.39 is 5.91 Å². The van der Waals surface area contributed by atoms with Gasteiger partial charge in [0, 0.05) is 27.8 Å². The van der Waals surface area contributed by atoms with E-state index in [4.69, 9.17) is 32.6 Å². The predicted octanol–water partition coefficient (Wildman–Crippen LogP) is 8.76. The number of furan rings is 1. The van der Waals surface area contributed by atoms with Crippen molar-refractivity contribution in [2.24, 2.45) is 4.99 Å². The number of carbonyl (C=O) groups is 1. The Kier molecular flexibility index (Phi) is 7.01. The fourth-order valence-corrected chi connectivity index (χ4v) is 5.19. The molecule has 4 aromatic rings. The number of hydrogen-bond acceptors (Lipinski definition) is 5. The van der Waals surface area contributed by atoms with Gasteiger partial charge in [0.2, 0.25) is 0 Å². The van der Waals surface area contributed by atoms with Crippen LogP contribution in [0.15, 0.2) is 69.6 Å². The minimum absolute atomic E-state index is 0.171. The lowest BCUT2D eigenvalue weighted by atomic mass is 9.79. The number of nitrogens with zero attached hydrogens (tertiary/aromatic N) is 2. The molecular formula is C33H29Cl2N3O3. The van der Waals surface area contributed by atoms with Gasteiger partial charge in [-0.2, -0.15) is 5.26 Å². The highest BCUT2D eigenvalue weighted by Gasteiger charge is 2.33. The second kappa shape index (κ2) is 10.1. The maximum absolute atomic E-state index is 13.3. The minimum Gasteiger partial charge on any atom is -0.480 e. The van der Waals surface area contributed by atoms with Gasteiger partial charge < -0.3 is 14.8 Å². The molecule has 0 atom stereocenters. The smallest absolute Gasteiger partial charge is 0.292 e. The van der Waals surface area contributed by atoms with E-state index in [-0.39, 0.29) is 33.1 Å². The van der Waals surface area contributed by atoms with Crippen LogP contribution in [-0.4, -0.2) is 16.7 Å². The number of hydrogen-bond donors (Lipinski definition) is 2. The van der Waals surface area contributed by atoms with Crippen LogP contribution < -0.4 is 5.32 Å². The van der Waals surface area contributed by atoms with Gasteiger partial charge in [-0.3, -0.25) is 4.79 Å². The van der Waals surface area contributed by atoms with E-state index in [2.05, 4.69) is 52.9 Å². The summed E-state index contributed by atoms with van der Waals surface area (Å²) in [4.78, 5) is 18.1. The molecule has 0 fully saturated rings. The van der Waals surface area contributed by atoms with Crippen molar-refractivity contribution in [3.63, 3.8) is 0 Å². The summed E-state index contributed by atoms with van der Waals surface area (Å²) in [5.41, 5.74) is 4.70. The standard InChI is InChI=1S/C33H29Cl2N3O3/c1-32(2,3)17-13-21-26(31(40)41-29(21)23(14-17)33(4,5)6)28-20-10-8-7-9-19(20)27(38-28)22(16-36)30(39)37-18-11-12-24(34)25(35)15-18/h7-15,40H,1-6H3,(H,37,39)/b27-22+. The first-order valence-corrected chi connectivity index (χ1v) is 13.9. The first kappa shape index (κ1) is 28.5. The Morgan fingerprint density at radius 2 is 1.63 bits per heavy atom. The van der Waals surface area contributed by atoms with Crippen LogP contribution in [0.2, 0.25) is 10.0 Å². The van der Waals surface area contributed by atoms with Crippen LogP contribution in [0.4, 0.5) is 5.69 Å². The molecule has 5 rings (SSSR count).